The predicted molar refractivity (Wildman–Crippen MR) is 96.1 cm³/mol. The van der Waals surface area contributed by atoms with Crippen LogP contribution < -0.4 is 0 Å². The van der Waals surface area contributed by atoms with Gasteiger partial charge in [0.15, 0.2) is 5.78 Å². The van der Waals surface area contributed by atoms with Gasteiger partial charge in [-0.2, -0.15) is 15.3 Å². The van der Waals surface area contributed by atoms with Crippen molar-refractivity contribution < 1.29 is 4.79 Å². The molecule has 0 saturated carbocycles. The number of rotatable bonds is 4. The van der Waals surface area contributed by atoms with E-state index < -0.39 is 0 Å². The highest BCUT2D eigenvalue weighted by molar-refractivity contribution is 5.88. The fourth-order valence-corrected chi connectivity index (χ4v) is 3.54. The van der Waals surface area contributed by atoms with Crippen molar-refractivity contribution in [3.63, 3.8) is 0 Å². The highest BCUT2D eigenvalue weighted by Crippen LogP contribution is 2.24. The molecular weight excluding hydrogens is 314 g/mol. The Morgan fingerprint density at radius 2 is 2.08 bits per heavy atom. The van der Waals surface area contributed by atoms with Gasteiger partial charge in [-0.25, -0.2) is 0 Å². The summed E-state index contributed by atoms with van der Waals surface area (Å²) in [6, 6.07) is 8.07. The number of carbonyl (C=O) groups is 1. The second kappa shape index (κ2) is 6.37. The Morgan fingerprint density at radius 3 is 2.80 bits per heavy atom. The van der Waals surface area contributed by atoms with Gasteiger partial charge in [0.1, 0.15) is 0 Å². The zero-order chi connectivity index (χ0) is 17.4. The number of likely N-dealkylation sites (N-methyl/N-ethyl adjacent to an activating group) is 1. The minimum absolute atomic E-state index is 0.0271. The second-order valence-electron chi connectivity index (χ2n) is 6.79. The lowest BCUT2D eigenvalue weighted by Crippen LogP contribution is -2.34. The number of likely N-dealkylation sites (tertiary alicyclic amines) is 1. The van der Waals surface area contributed by atoms with Gasteiger partial charge in [0.05, 0.1) is 29.9 Å². The van der Waals surface area contributed by atoms with Crippen LogP contribution >= 0.6 is 0 Å². The van der Waals surface area contributed by atoms with Gasteiger partial charge >= 0.3 is 0 Å². The van der Waals surface area contributed by atoms with Crippen LogP contribution in [0.15, 0.2) is 36.7 Å². The number of nitrogens with zero attached hydrogens (tertiary/aromatic N) is 5. The lowest BCUT2D eigenvalue weighted by molar-refractivity contribution is -0.122. The average molecular weight is 335 g/mol. The van der Waals surface area contributed by atoms with Crippen molar-refractivity contribution in [3.8, 4) is 11.1 Å². The lowest BCUT2D eigenvalue weighted by Gasteiger charge is -2.17. The first-order valence-corrected chi connectivity index (χ1v) is 8.58. The maximum atomic E-state index is 12.5. The smallest absolute Gasteiger partial charge is 0.155 e. The zero-order valence-corrected chi connectivity index (χ0v) is 14.5. The van der Waals surface area contributed by atoms with Crippen molar-refractivity contribution in [1.82, 2.24) is 24.9 Å². The molecule has 3 heterocycles. The highest BCUT2D eigenvalue weighted by Gasteiger charge is 2.27. The number of benzene rings is 1. The van der Waals surface area contributed by atoms with Crippen LogP contribution in [0.3, 0.4) is 0 Å². The summed E-state index contributed by atoms with van der Waals surface area (Å²) in [7, 11) is 3.92. The van der Waals surface area contributed by atoms with Crippen molar-refractivity contribution in [3.05, 3.63) is 42.4 Å². The van der Waals surface area contributed by atoms with Crippen LogP contribution in [0.5, 0.6) is 0 Å². The third kappa shape index (κ3) is 3.17. The molecule has 3 aromatic rings. The fraction of sp³-hybridized carbons (Fsp3) is 0.368. The van der Waals surface area contributed by atoms with E-state index in [4.69, 9.17) is 0 Å². The molecule has 2 aromatic heterocycles. The van der Waals surface area contributed by atoms with Crippen molar-refractivity contribution in [2.75, 3.05) is 13.6 Å². The van der Waals surface area contributed by atoms with E-state index in [9.17, 15) is 4.79 Å². The number of aromatic nitrogens is 4. The van der Waals surface area contributed by atoms with Crippen molar-refractivity contribution in [2.45, 2.75) is 25.3 Å². The number of Topliss-reactive ketones (excluding diaryl/α,β-unsaturated/α-hetero) is 1. The number of hydrogen-bond acceptors (Lipinski definition) is 5. The molecule has 0 radical (unpaired) electrons. The summed E-state index contributed by atoms with van der Waals surface area (Å²) in [6.45, 7) is 0.994. The Kier molecular flexibility index (Phi) is 4.05. The zero-order valence-electron chi connectivity index (χ0n) is 14.5. The average Bonchev–Trinajstić information content (AvgIpc) is 3.22. The van der Waals surface area contributed by atoms with Gasteiger partial charge in [0, 0.05) is 24.2 Å². The number of ketones is 1. The molecule has 1 aliphatic rings. The van der Waals surface area contributed by atoms with Crippen LogP contribution in [-0.2, 0) is 18.3 Å². The van der Waals surface area contributed by atoms with Crippen LogP contribution in [0.2, 0.25) is 0 Å². The Bertz CT molecular complexity index is 932. The largest absolute Gasteiger partial charge is 0.297 e. The van der Waals surface area contributed by atoms with E-state index in [2.05, 4.69) is 26.3 Å². The van der Waals surface area contributed by atoms with Gasteiger partial charge in [-0.3, -0.25) is 14.4 Å². The Hall–Kier alpha value is -2.60. The van der Waals surface area contributed by atoms with Crippen LogP contribution in [0.4, 0.5) is 0 Å². The van der Waals surface area contributed by atoms with Gasteiger partial charge in [-0.05, 0) is 50.2 Å². The molecule has 0 N–H and O–H groups in total. The van der Waals surface area contributed by atoms with Gasteiger partial charge in [0.2, 0.25) is 0 Å². The van der Waals surface area contributed by atoms with Crippen LogP contribution in [0.25, 0.3) is 22.0 Å². The van der Waals surface area contributed by atoms with E-state index in [1.165, 1.54) is 0 Å². The molecule has 1 atom stereocenters. The van der Waals surface area contributed by atoms with Crippen molar-refractivity contribution >= 4 is 16.7 Å². The molecule has 25 heavy (non-hydrogen) atoms. The molecule has 1 fully saturated rings. The molecule has 0 aliphatic carbocycles. The fourth-order valence-electron chi connectivity index (χ4n) is 3.54. The number of carbonyl (C=O) groups excluding carboxylic acids is 1. The first-order chi connectivity index (χ1) is 12.1. The van der Waals surface area contributed by atoms with Crippen LogP contribution in [-0.4, -0.2) is 50.3 Å². The van der Waals surface area contributed by atoms with E-state index in [-0.39, 0.29) is 11.8 Å². The molecule has 4 rings (SSSR count). The minimum atomic E-state index is 0.0271. The van der Waals surface area contributed by atoms with E-state index >= 15 is 0 Å². The first kappa shape index (κ1) is 15.9. The van der Waals surface area contributed by atoms with Gasteiger partial charge in [0.25, 0.3) is 0 Å². The Labute approximate surface area is 146 Å². The lowest BCUT2D eigenvalue weighted by atomic mass is 10.0. The molecule has 128 valence electrons. The summed E-state index contributed by atoms with van der Waals surface area (Å²) >= 11 is 0. The summed E-state index contributed by atoms with van der Waals surface area (Å²) in [6.07, 6.45) is 6.20. The van der Waals surface area contributed by atoms with Gasteiger partial charge in [-0.1, -0.05) is 6.07 Å². The summed E-state index contributed by atoms with van der Waals surface area (Å²) in [4.78, 5) is 14.7. The molecule has 6 heteroatoms. The standard InChI is InChI=1S/C19H21N5O/c1-23-7-3-4-18(23)19(25)10-16-9-14-8-13(5-6-17(14)22-21-16)15-11-20-24(2)12-15/h5-6,8-9,11-12,18H,3-4,7,10H2,1-2H3/t18-/m1/s1. The van der Waals surface area contributed by atoms with Crippen molar-refractivity contribution in [1.29, 1.82) is 0 Å². The molecular formula is C19H21N5O. The molecule has 1 aliphatic heterocycles. The highest BCUT2D eigenvalue weighted by atomic mass is 16.1. The number of fused-ring (bicyclic) bond motifs is 1. The molecule has 6 nitrogen and oxygen atoms in total. The molecule has 0 bridgehead atoms. The maximum Gasteiger partial charge on any atom is 0.155 e. The summed E-state index contributed by atoms with van der Waals surface area (Å²) < 4.78 is 1.78. The van der Waals surface area contributed by atoms with Crippen molar-refractivity contribution in [2.24, 2.45) is 7.05 Å². The van der Waals surface area contributed by atoms with E-state index in [0.717, 1.165) is 47.1 Å². The molecule has 0 unspecified atom stereocenters. The van der Waals surface area contributed by atoms with Gasteiger partial charge < -0.3 is 0 Å². The quantitative estimate of drug-likeness (QED) is 0.732. The van der Waals surface area contributed by atoms with E-state index in [0.29, 0.717) is 6.42 Å². The minimum Gasteiger partial charge on any atom is -0.297 e. The third-order valence-electron chi connectivity index (χ3n) is 4.92. The first-order valence-electron chi connectivity index (χ1n) is 8.58. The molecule has 0 spiro atoms. The van der Waals surface area contributed by atoms with Gasteiger partial charge in [-0.15, -0.1) is 0 Å². The van der Waals surface area contributed by atoms with E-state index in [1.54, 1.807) is 4.68 Å². The van der Waals surface area contributed by atoms with Crippen LogP contribution in [0, 0.1) is 0 Å². The molecule has 1 saturated heterocycles. The second-order valence-corrected chi connectivity index (χ2v) is 6.79. The molecule has 0 amide bonds. The number of aryl methyl sites for hydroxylation is 1. The topological polar surface area (TPSA) is 63.9 Å². The summed E-state index contributed by atoms with van der Waals surface area (Å²) in [5, 5.41) is 13.7. The predicted octanol–water partition coefficient (Wildman–Crippen LogP) is 2.24. The summed E-state index contributed by atoms with van der Waals surface area (Å²) in [5.41, 5.74) is 3.72. The summed E-state index contributed by atoms with van der Waals surface area (Å²) in [5.74, 6) is 0.233. The van der Waals surface area contributed by atoms with E-state index in [1.807, 2.05) is 44.7 Å². The maximum absolute atomic E-state index is 12.5. The van der Waals surface area contributed by atoms with Crippen LogP contribution in [0.1, 0.15) is 18.5 Å². The normalized spacial score (nSPS) is 18.1. The molecule has 1 aromatic carbocycles. The monoisotopic (exact) mass is 335 g/mol. The number of hydrogen-bond donors (Lipinski definition) is 0. The third-order valence-corrected chi connectivity index (χ3v) is 4.92. The Morgan fingerprint density at radius 1 is 1.20 bits per heavy atom. The Balaban J connectivity index is 1.61. The SMILES string of the molecule is CN1CCC[C@@H]1C(=O)Cc1cc2cc(-c3cnn(C)c3)ccc2nn1.